The van der Waals surface area contributed by atoms with Crippen molar-refractivity contribution in [3.8, 4) is 10.4 Å². The van der Waals surface area contributed by atoms with E-state index in [0.717, 1.165) is 6.54 Å². The molecule has 0 spiro atoms. The Bertz CT molecular complexity index is 775. The Morgan fingerprint density at radius 2 is 1.95 bits per heavy atom. The van der Waals surface area contributed by atoms with Gasteiger partial charge in [-0.3, -0.25) is 0 Å². The van der Waals surface area contributed by atoms with E-state index in [1.807, 2.05) is 18.4 Å². The van der Waals surface area contributed by atoms with Gasteiger partial charge in [0, 0.05) is 11.4 Å². The molecule has 2 heteroatoms. The molecule has 1 aliphatic rings. The second-order valence-corrected chi connectivity index (χ2v) is 6.37. The molecule has 3 aromatic rings. The molecule has 1 N–H and O–H groups in total. The van der Waals surface area contributed by atoms with Crippen molar-refractivity contribution in [3.63, 3.8) is 0 Å². The fourth-order valence-corrected chi connectivity index (χ4v) is 4.23. The first kappa shape index (κ1) is 12.1. The van der Waals surface area contributed by atoms with E-state index in [0.29, 0.717) is 0 Å². The molecule has 4 rings (SSSR count). The molecule has 0 atom stereocenters. The third kappa shape index (κ3) is 1.80. The molecule has 0 amide bonds. The first-order chi connectivity index (χ1) is 9.86. The molecule has 1 heterocycles. The summed E-state index contributed by atoms with van der Waals surface area (Å²) in [7, 11) is 2.00. The molecule has 0 saturated carbocycles. The number of benzene rings is 2. The first-order valence-electron chi connectivity index (χ1n) is 7.12. The van der Waals surface area contributed by atoms with Gasteiger partial charge in [0.05, 0.1) is 0 Å². The Morgan fingerprint density at radius 3 is 2.80 bits per heavy atom. The number of hydrogen-bond donors (Lipinski definition) is 1. The Kier molecular flexibility index (Phi) is 2.86. The van der Waals surface area contributed by atoms with E-state index in [9.17, 15) is 0 Å². The molecule has 0 saturated heterocycles. The van der Waals surface area contributed by atoms with Crippen LogP contribution in [0.5, 0.6) is 0 Å². The predicted octanol–water partition coefficient (Wildman–Crippen LogP) is 4.39. The van der Waals surface area contributed by atoms with Crippen LogP contribution >= 0.6 is 11.3 Å². The lowest BCUT2D eigenvalue weighted by Crippen LogP contribution is -2.03. The van der Waals surface area contributed by atoms with Crippen molar-refractivity contribution < 1.29 is 0 Å². The Labute approximate surface area is 123 Å². The molecule has 1 aliphatic carbocycles. The van der Waals surface area contributed by atoms with E-state index in [1.54, 1.807) is 0 Å². The summed E-state index contributed by atoms with van der Waals surface area (Å²) in [5.74, 6) is 0. The van der Waals surface area contributed by atoms with Crippen LogP contribution in [0.15, 0.2) is 41.8 Å². The summed E-state index contributed by atoms with van der Waals surface area (Å²) >= 11 is 1.85. The second kappa shape index (κ2) is 4.72. The summed E-state index contributed by atoms with van der Waals surface area (Å²) in [6.07, 6.45) is 2.40. The van der Waals surface area contributed by atoms with Gasteiger partial charge >= 0.3 is 0 Å². The molecule has 1 aromatic heterocycles. The minimum Gasteiger partial charge on any atom is -0.316 e. The van der Waals surface area contributed by atoms with Crippen molar-refractivity contribution in [1.82, 2.24) is 5.32 Å². The van der Waals surface area contributed by atoms with Crippen molar-refractivity contribution in [2.75, 3.05) is 7.05 Å². The van der Waals surface area contributed by atoms with Crippen LogP contribution in [-0.4, -0.2) is 7.05 Å². The Hall–Kier alpha value is -1.64. The second-order valence-electron chi connectivity index (χ2n) is 5.46. The maximum absolute atomic E-state index is 3.22. The van der Waals surface area contributed by atoms with E-state index in [1.165, 1.54) is 50.7 Å². The van der Waals surface area contributed by atoms with Crippen molar-refractivity contribution >= 4 is 22.1 Å². The van der Waals surface area contributed by atoms with E-state index in [-0.39, 0.29) is 0 Å². The molecular weight excluding hydrogens is 262 g/mol. The van der Waals surface area contributed by atoms with Crippen molar-refractivity contribution in [3.05, 3.63) is 58.5 Å². The van der Waals surface area contributed by atoms with Gasteiger partial charge in [0.25, 0.3) is 0 Å². The highest BCUT2D eigenvalue weighted by Crippen LogP contribution is 2.38. The minimum absolute atomic E-state index is 0.942. The summed E-state index contributed by atoms with van der Waals surface area (Å²) in [5.41, 5.74) is 5.80. The standard InChI is InChI=1S/C18H17NS/c1-19-10-12-9-17(20-11-12)15-8-7-14-6-5-13-3-2-4-16(15)18(13)14/h2-4,7-9,11,19H,5-6,10H2,1H3. The molecule has 1 nitrogen and oxygen atoms in total. The number of thiophene rings is 1. The van der Waals surface area contributed by atoms with Crippen molar-refractivity contribution in [2.45, 2.75) is 19.4 Å². The van der Waals surface area contributed by atoms with Gasteiger partial charge in [0.1, 0.15) is 0 Å². The number of hydrogen-bond acceptors (Lipinski definition) is 2. The summed E-state index contributed by atoms with van der Waals surface area (Å²) in [5, 5.41) is 8.41. The highest BCUT2D eigenvalue weighted by atomic mass is 32.1. The smallest absolute Gasteiger partial charge is 0.0352 e. The number of rotatable bonds is 3. The maximum Gasteiger partial charge on any atom is 0.0352 e. The Balaban J connectivity index is 1.92. The van der Waals surface area contributed by atoms with Gasteiger partial charge in [-0.25, -0.2) is 0 Å². The van der Waals surface area contributed by atoms with Crippen LogP contribution in [0.25, 0.3) is 21.2 Å². The number of aryl methyl sites for hydroxylation is 2. The minimum atomic E-state index is 0.942. The Morgan fingerprint density at radius 1 is 1.10 bits per heavy atom. The highest BCUT2D eigenvalue weighted by molar-refractivity contribution is 7.13. The molecule has 20 heavy (non-hydrogen) atoms. The average molecular weight is 279 g/mol. The molecule has 0 aliphatic heterocycles. The largest absolute Gasteiger partial charge is 0.316 e. The third-order valence-electron chi connectivity index (χ3n) is 4.18. The monoisotopic (exact) mass is 279 g/mol. The lowest BCUT2D eigenvalue weighted by molar-refractivity contribution is 0.821. The van der Waals surface area contributed by atoms with Gasteiger partial charge in [-0.15, -0.1) is 11.3 Å². The summed E-state index contributed by atoms with van der Waals surface area (Å²) in [6.45, 7) is 0.942. The summed E-state index contributed by atoms with van der Waals surface area (Å²) in [4.78, 5) is 1.38. The number of nitrogens with one attached hydrogen (secondary N) is 1. The van der Waals surface area contributed by atoms with Crippen LogP contribution in [0.4, 0.5) is 0 Å². The SMILES string of the molecule is CNCc1csc(-c2ccc3c4c(cccc24)CC3)c1. The topological polar surface area (TPSA) is 12.0 Å². The zero-order valence-corrected chi connectivity index (χ0v) is 12.4. The van der Waals surface area contributed by atoms with E-state index < -0.39 is 0 Å². The quantitative estimate of drug-likeness (QED) is 0.750. The van der Waals surface area contributed by atoms with Crippen molar-refractivity contribution in [1.29, 1.82) is 0 Å². The third-order valence-corrected chi connectivity index (χ3v) is 5.19. The van der Waals surface area contributed by atoms with Crippen LogP contribution in [-0.2, 0) is 19.4 Å². The molecule has 0 radical (unpaired) electrons. The lowest BCUT2D eigenvalue weighted by atomic mass is 9.99. The van der Waals surface area contributed by atoms with Gasteiger partial charge in [-0.1, -0.05) is 30.3 Å². The van der Waals surface area contributed by atoms with Crippen LogP contribution in [0, 0.1) is 0 Å². The van der Waals surface area contributed by atoms with E-state index >= 15 is 0 Å². The predicted molar refractivity (Wildman–Crippen MR) is 87.4 cm³/mol. The van der Waals surface area contributed by atoms with Crippen LogP contribution in [0.2, 0.25) is 0 Å². The zero-order valence-electron chi connectivity index (χ0n) is 11.6. The maximum atomic E-state index is 3.22. The van der Waals surface area contributed by atoms with Crippen LogP contribution in [0.3, 0.4) is 0 Å². The fraction of sp³-hybridized carbons (Fsp3) is 0.222. The van der Waals surface area contributed by atoms with Crippen LogP contribution in [0.1, 0.15) is 16.7 Å². The molecule has 2 aromatic carbocycles. The van der Waals surface area contributed by atoms with Gasteiger partial charge in [-0.05, 0) is 64.4 Å². The molecule has 100 valence electrons. The van der Waals surface area contributed by atoms with Crippen LogP contribution < -0.4 is 5.32 Å². The summed E-state index contributed by atoms with van der Waals surface area (Å²) in [6, 6.07) is 13.7. The zero-order chi connectivity index (χ0) is 13.5. The molecular formula is C18H17NS. The summed E-state index contributed by atoms with van der Waals surface area (Å²) < 4.78 is 0. The molecule has 0 bridgehead atoms. The van der Waals surface area contributed by atoms with E-state index in [2.05, 4.69) is 47.1 Å². The lowest BCUT2D eigenvalue weighted by Gasteiger charge is -2.07. The van der Waals surface area contributed by atoms with Gasteiger partial charge in [-0.2, -0.15) is 0 Å². The normalized spacial score (nSPS) is 13.2. The fourth-order valence-electron chi connectivity index (χ4n) is 3.28. The van der Waals surface area contributed by atoms with E-state index in [4.69, 9.17) is 0 Å². The van der Waals surface area contributed by atoms with Crippen molar-refractivity contribution in [2.24, 2.45) is 0 Å². The van der Waals surface area contributed by atoms with Gasteiger partial charge in [0.15, 0.2) is 0 Å². The highest BCUT2D eigenvalue weighted by Gasteiger charge is 2.16. The van der Waals surface area contributed by atoms with Gasteiger partial charge in [0.2, 0.25) is 0 Å². The average Bonchev–Trinajstić information content (AvgIpc) is 3.09. The molecule has 0 unspecified atom stereocenters. The van der Waals surface area contributed by atoms with Gasteiger partial charge < -0.3 is 5.32 Å². The first-order valence-corrected chi connectivity index (χ1v) is 8.00. The molecule has 0 fully saturated rings.